The molecule has 3 rings (SSSR count). The molecule has 0 aliphatic carbocycles. The molecule has 3 aromatic rings. The zero-order valence-electron chi connectivity index (χ0n) is 17.6. The molecule has 1 heterocycles. The summed E-state index contributed by atoms with van der Waals surface area (Å²) in [5, 5.41) is 0.851. The minimum absolute atomic E-state index is 0.104. The van der Waals surface area contributed by atoms with Gasteiger partial charge in [0.25, 0.3) is 0 Å². The van der Waals surface area contributed by atoms with Crippen molar-refractivity contribution in [1.29, 1.82) is 0 Å². The summed E-state index contributed by atoms with van der Waals surface area (Å²) in [6, 6.07) is 8.20. The Labute approximate surface area is 174 Å². The van der Waals surface area contributed by atoms with E-state index in [9.17, 15) is 21.6 Å². The van der Waals surface area contributed by atoms with Gasteiger partial charge in [0.15, 0.2) is 0 Å². The first-order valence-electron chi connectivity index (χ1n) is 9.54. The van der Waals surface area contributed by atoms with Gasteiger partial charge in [0.05, 0.1) is 4.90 Å². The Hall–Kier alpha value is -2.32. The SMILES string of the molecule is Cc1cc(C)c(S(=O)(=O)NC(Cn2c(C)c(C)c3ccccc32)C(F)(F)F)c(C)c1. The maximum absolute atomic E-state index is 13.9. The van der Waals surface area contributed by atoms with Gasteiger partial charge < -0.3 is 4.57 Å². The number of aryl methyl sites for hydroxylation is 4. The van der Waals surface area contributed by atoms with Crippen molar-refractivity contribution in [2.45, 2.75) is 58.3 Å². The molecule has 0 bridgehead atoms. The Bertz CT molecular complexity index is 1190. The molecule has 1 atom stereocenters. The average molecular weight is 439 g/mol. The van der Waals surface area contributed by atoms with Crippen LogP contribution in [0.25, 0.3) is 10.9 Å². The highest BCUT2D eigenvalue weighted by molar-refractivity contribution is 7.89. The van der Waals surface area contributed by atoms with E-state index < -0.39 is 28.8 Å². The largest absolute Gasteiger partial charge is 0.406 e. The van der Waals surface area contributed by atoms with Crippen LogP contribution < -0.4 is 4.72 Å². The van der Waals surface area contributed by atoms with Crippen LogP contribution in [0.15, 0.2) is 41.3 Å². The molecular formula is C22H25F3N2O2S. The number of aromatic nitrogens is 1. The van der Waals surface area contributed by atoms with Gasteiger partial charge in [-0.05, 0) is 57.4 Å². The van der Waals surface area contributed by atoms with Crippen LogP contribution in [0.4, 0.5) is 13.2 Å². The molecule has 0 spiro atoms. The minimum Gasteiger partial charge on any atom is -0.343 e. The number of fused-ring (bicyclic) bond motifs is 1. The van der Waals surface area contributed by atoms with E-state index in [0.29, 0.717) is 22.3 Å². The number of hydrogen-bond donors (Lipinski definition) is 1. The first kappa shape index (κ1) is 22.4. The lowest BCUT2D eigenvalue weighted by molar-refractivity contribution is -0.154. The van der Waals surface area contributed by atoms with Gasteiger partial charge in [0.1, 0.15) is 6.04 Å². The highest BCUT2D eigenvalue weighted by Crippen LogP contribution is 2.30. The van der Waals surface area contributed by atoms with E-state index in [1.54, 1.807) is 45.0 Å². The molecule has 1 N–H and O–H groups in total. The quantitative estimate of drug-likeness (QED) is 0.603. The lowest BCUT2D eigenvalue weighted by atomic mass is 10.1. The van der Waals surface area contributed by atoms with Crippen molar-refractivity contribution >= 4 is 20.9 Å². The summed E-state index contributed by atoms with van der Waals surface area (Å²) in [5.74, 6) is 0. The zero-order chi connectivity index (χ0) is 22.4. The van der Waals surface area contributed by atoms with Gasteiger partial charge in [0, 0.05) is 23.1 Å². The zero-order valence-corrected chi connectivity index (χ0v) is 18.4. The summed E-state index contributed by atoms with van der Waals surface area (Å²) >= 11 is 0. The molecular weight excluding hydrogens is 413 g/mol. The van der Waals surface area contributed by atoms with Crippen molar-refractivity contribution in [1.82, 2.24) is 9.29 Å². The maximum atomic E-state index is 13.9. The van der Waals surface area contributed by atoms with Crippen LogP contribution in [0, 0.1) is 34.6 Å². The van der Waals surface area contributed by atoms with E-state index in [1.165, 1.54) is 4.57 Å². The number of sulfonamides is 1. The second-order valence-corrected chi connectivity index (χ2v) is 9.43. The number of benzene rings is 2. The smallest absolute Gasteiger partial charge is 0.343 e. The second kappa shape index (κ2) is 7.74. The fraction of sp³-hybridized carbons (Fsp3) is 0.364. The van der Waals surface area contributed by atoms with E-state index in [4.69, 9.17) is 0 Å². The van der Waals surface area contributed by atoms with Crippen molar-refractivity contribution < 1.29 is 21.6 Å². The number of halogens is 3. The third kappa shape index (κ3) is 4.11. The van der Waals surface area contributed by atoms with Gasteiger partial charge >= 0.3 is 6.18 Å². The van der Waals surface area contributed by atoms with Gasteiger partial charge in [0.2, 0.25) is 10.0 Å². The summed E-state index contributed by atoms with van der Waals surface area (Å²) in [7, 11) is -4.38. The van der Waals surface area contributed by atoms with E-state index >= 15 is 0 Å². The lowest BCUT2D eigenvalue weighted by Crippen LogP contribution is -2.48. The molecule has 1 aromatic heterocycles. The van der Waals surface area contributed by atoms with Crippen LogP contribution in [0.2, 0.25) is 0 Å². The van der Waals surface area contributed by atoms with Crippen molar-refractivity contribution in [2.75, 3.05) is 0 Å². The van der Waals surface area contributed by atoms with E-state index in [0.717, 1.165) is 16.5 Å². The molecule has 162 valence electrons. The predicted molar refractivity (Wildman–Crippen MR) is 112 cm³/mol. The highest BCUT2D eigenvalue weighted by Gasteiger charge is 2.43. The van der Waals surface area contributed by atoms with Crippen molar-refractivity contribution in [3.8, 4) is 0 Å². The molecule has 0 saturated heterocycles. The molecule has 0 fully saturated rings. The van der Waals surface area contributed by atoms with Crippen molar-refractivity contribution in [3.63, 3.8) is 0 Å². The van der Waals surface area contributed by atoms with Gasteiger partial charge in [-0.1, -0.05) is 35.9 Å². The Morgan fingerprint density at radius 2 is 1.57 bits per heavy atom. The normalized spacial score (nSPS) is 13.7. The summed E-state index contributed by atoms with van der Waals surface area (Å²) < 4.78 is 71.1. The summed E-state index contributed by atoms with van der Waals surface area (Å²) in [5.41, 5.74) is 3.87. The summed E-state index contributed by atoms with van der Waals surface area (Å²) in [6.07, 6.45) is -4.76. The summed E-state index contributed by atoms with van der Waals surface area (Å²) in [4.78, 5) is -0.104. The van der Waals surface area contributed by atoms with Crippen molar-refractivity contribution in [2.24, 2.45) is 0 Å². The predicted octanol–water partition coefficient (Wildman–Crippen LogP) is 5.09. The Kier molecular flexibility index (Phi) is 5.77. The van der Waals surface area contributed by atoms with Crippen LogP contribution in [0.1, 0.15) is 27.9 Å². The lowest BCUT2D eigenvalue weighted by Gasteiger charge is -2.24. The Morgan fingerprint density at radius 1 is 1.00 bits per heavy atom. The molecule has 2 aromatic carbocycles. The van der Waals surface area contributed by atoms with E-state index in [-0.39, 0.29) is 4.90 Å². The maximum Gasteiger partial charge on any atom is 0.406 e. The number of nitrogens with one attached hydrogen (secondary N) is 1. The van der Waals surface area contributed by atoms with Crippen LogP contribution in [-0.4, -0.2) is 25.2 Å². The molecule has 0 radical (unpaired) electrons. The number of alkyl halides is 3. The Morgan fingerprint density at radius 3 is 2.13 bits per heavy atom. The number of para-hydroxylation sites is 1. The standard InChI is InChI=1S/C22H25F3N2O2S/c1-13-10-14(2)21(15(3)11-13)30(28,29)26-20(22(23,24)25)12-27-17(5)16(4)18-8-6-7-9-19(18)27/h6-11,20,26H,12H2,1-5H3. The molecule has 1 unspecified atom stereocenters. The van der Waals surface area contributed by atoms with Crippen LogP contribution in [-0.2, 0) is 16.6 Å². The Balaban J connectivity index is 2.05. The van der Waals surface area contributed by atoms with E-state index in [1.807, 2.05) is 30.7 Å². The second-order valence-electron chi connectivity index (χ2n) is 7.78. The molecule has 0 saturated carbocycles. The van der Waals surface area contributed by atoms with Crippen LogP contribution >= 0.6 is 0 Å². The third-order valence-electron chi connectivity index (χ3n) is 5.48. The van der Waals surface area contributed by atoms with E-state index in [2.05, 4.69) is 0 Å². The van der Waals surface area contributed by atoms with Crippen LogP contribution in [0.5, 0.6) is 0 Å². The topological polar surface area (TPSA) is 51.1 Å². The highest BCUT2D eigenvalue weighted by atomic mass is 32.2. The molecule has 0 aliphatic rings. The third-order valence-corrected chi connectivity index (χ3v) is 7.25. The van der Waals surface area contributed by atoms with Crippen molar-refractivity contribution in [3.05, 3.63) is 64.3 Å². The van der Waals surface area contributed by atoms with Gasteiger partial charge in [-0.25, -0.2) is 8.42 Å². The molecule has 30 heavy (non-hydrogen) atoms. The first-order valence-corrected chi connectivity index (χ1v) is 11.0. The minimum atomic E-state index is -4.76. The fourth-order valence-electron chi connectivity index (χ4n) is 4.07. The van der Waals surface area contributed by atoms with Crippen LogP contribution in [0.3, 0.4) is 0 Å². The molecule has 0 amide bonds. The molecule has 4 nitrogen and oxygen atoms in total. The molecule has 0 aliphatic heterocycles. The first-order chi connectivity index (χ1) is 13.8. The van der Waals surface area contributed by atoms with Gasteiger partial charge in [-0.15, -0.1) is 0 Å². The number of nitrogens with zero attached hydrogens (tertiary/aromatic N) is 1. The summed E-state index contributed by atoms with van der Waals surface area (Å²) in [6.45, 7) is 8.03. The number of rotatable bonds is 5. The van der Waals surface area contributed by atoms with Gasteiger partial charge in [-0.3, -0.25) is 0 Å². The van der Waals surface area contributed by atoms with Gasteiger partial charge in [-0.2, -0.15) is 17.9 Å². The number of hydrogen-bond acceptors (Lipinski definition) is 2. The fourth-order valence-corrected chi connectivity index (χ4v) is 5.73. The monoisotopic (exact) mass is 438 g/mol. The molecule has 8 heteroatoms. The average Bonchev–Trinajstić information content (AvgIpc) is 2.84.